The highest BCUT2D eigenvalue weighted by molar-refractivity contribution is 6.07. The van der Waals surface area contributed by atoms with Crippen molar-refractivity contribution in [1.29, 1.82) is 0 Å². The van der Waals surface area contributed by atoms with Gasteiger partial charge < -0.3 is 4.42 Å². The highest BCUT2D eigenvalue weighted by Crippen LogP contribution is 2.38. The molecule has 3 aromatic heterocycles. The van der Waals surface area contributed by atoms with Crippen molar-refractivity contribution in [1.82, 2.24) is 15.0 Å². The van der Waals surface area contributed by atoms with Crippen LogP contribution in [0.4, 0.5) is 0 Å². The second-order valence-corrected chi connectivity index (χ2v) is 15.2. The SMILES string of the molecule is c1ccc(-c2cc(-c3ccccc3)nc(-c3cccc(-c4cccc(-c5cccc(-c6cccc(-c7nc(-c8ccccc8)c8oc9ccccc9c8n7)c6)c5)c4)c3)c2)cc1. The molecule has 8 aromatic carbocycles. The molecule has 0 bridgehead atoms. The number of aromatic nitrogens is 3. The lowest BCUT2D eigenvalue weighted by Gasteiger charge is -2.12. The molecule has 11 rings (SSSR count). The summed E-state index contributed by atoms with van der Waals surface area (Å²) in [4.78, 5) is 15.4. The Bertz CT molecular complexity index is 3300. The molecule has 11 aromatic rings. The molecule has 0 saturated carbocycles. The monoisotopic (exact) mass is 779 g/mol. The summed E-state index contributed by atoms with van der Waals surface area (Å²) in [6.45, 7) is 0. The van der Waals surface area contributed by atoms with Crippen LogP contribution in [0.5, 0.6) is 0 Å². The number of hydrogen-bond acceptors (Lipinski definition) is 4. The van der Waals surface area contributed by atoms with E-state index in [-0.39, 0.29) is 0 Å². The molecule has 0 aliphatic rings. The third-order valence-electron chi connectivity index (χ3n) is 11.3. The minimum absolute atomic E-state index is 0.657. The minimum atomic E-state index is 0.657. The molecule has 0 N–H and O–H groups in total. The lowest BCUT2D eigenvalue weighted by molar-refractivity contribution is 0.667. The molecule has 0 atom stereocenters. The number of furan rings is 1. The van der Waals surface area contributed by atoms with Crippen LogP contribution in [0, 0.1) is 0 Å². The molecule has 0 unspecified atom stereocenters. The quantitative estimate of drug-likeness (QED) is 0.154. The van der Waals surface area contributed by atoms with E-state index < -0.39 is 0 Å². The van der Waals surface area contributed by atoms with Crippen LogP contribution in [0.2, 0.25) is 0 Å². The maximum atomic E-state index is 6.35. The molecule has 0 amide bonds. The Balaban J connectivity index is 0.933. The average molecular weight is 780 g/mol. The van der Waals surface area contributed by atoms with Gasteiger partial charge in [0.15, 0.2) is 11.4 Å². The molecule has 4 heteroatoms. The van der Waals surface area contributed by atoms with Crippen LogP contribution >= 0.6 is 0 Å². The Morgan fingerprint density at radius 1 is 0.279 bits per heavy atom. The summed E-state index contributed by atoms with van der Waals surface area (Å²) >= 11 is 0. The van der Waals surface area contributed by atoms with Gasteiger partial charge in [0.1, 0.15) is 16.8 Å². The number of pyridine rings is 1. The molecule has 0 aliphatic heterocycles. The van der Waals surface area contributed by atoms with Gasteiger partial charge in [-0.2, -0.15) is 0 Å². The largest absolute Gasteiger partial charge is 0.452 e. The molecule has 61 heavy (non-hydrogen) atoms. The van der Waals surface area contributed by atoms with Gasteiger partial charge >= 0.3 is 0 Å². The molecule has 0 spiro atoms. The van der Waals surface area contributed by atoms with Crippen molar-refractivity contribution in [2.75, 3.05) is 0 Å². The summed E-state index contributed by atoms with van der Waals surface area (Å²) < 4.78 is 6.35. The number of rotatable bonds is 8. The third-order valence-corrected chi connectivity index (χ3v) is 11.3. The molecular formula is C57H37N3O. The highest BCUT2D eigenvalue weighted by atomic mass is 16.3. The Morgan fingerprint density at radius 3 is 1.30 bits per heavy atom. The lowest BCUT2D eigenvalue weighted by atomic mass is 9.94. The van der Waals surface area contributed by atoms with Crippen molar-refractivity contribution in [3.63, 3.8) is 0 Å². The second kappa shape index (κ2) is 15.5. The van der Waals surface area contributed by atoms with E-state index in [0.717, 1.165) is 100 Å². The van der Waals surface area contributed by atoms with Crippen LogP contribution < -0.4 is 0 Å². The van der Waals surface area contributed by atoms with Gasteiger partial charge in [0.2, 0.25) is 0 Å². The van der Waals surface area contributed by atoms with Gasteiger partial charge in [-0.15, -0.1) is 0 Å². The molecule has 3 heterocycles. The van der Waals surface area contributed by atoms with Crippen molar-refractivity contribution in [2.45, 2.75) is 0 Å². The maximum Gasteiger partial charge on any atom is 0.180 e. The summed E-state index contributed by atoms with van der Waals surface area (Å²) in [5.41, 5.74) is 18.1. The van der Waals surface area contributed by atoms with E-state index in [2.05, 4.69) is 182 Å². The second-order valence-electron chi connectivity index (χ2n) is 15.2. The summed E-state index contributed by atoms with van der Waals surface area (Å²) in [5, 5.41) is 0.974. The smallest absolute Gasteiger partial charge is 0.180 e. The fraction of sp³-hybridized carbons (Fsp3) is 0. The van der Waals surface area contributed by atoms with E-state index in [1.54, 1.807) is 0 Å². The van der Waals surface area contributed by atoms with Gasteiger partial charge in [0.05, 0.1) is 11.4 Å². The third kappa shape index (κ3) is 7.07. The van der Waals surface area contributed by atoms with Gasteiger partial charge in [-0.05, 0) is 93.0 Å². The van der Waals surface area contributed by atoms with E-state index in [1.807, 2.05) is 42.5 Å². The number of fused-ring (bicyclic) bond motifs is 3. The van der Waals surface area contributed by atoms with Gasteiger partial charge in [-0.25, -0.2) is 15.0 Å². The van der Waals surface area contributed by atoms with E-state index in [9.17, 15) is 0 Å². The zero-order chi connectivity index (χ0) is 40.5. The molecule has 0 radical (unpaired) electrons. The zero-order valence-corrected chi connectivity index (χ0v) is 33.1. The Labute approximate surface area is 354 Å². The first-order chi connectivity index (χ1) is 30.2. The van der Waals surface area contributed by atoms with Crippen molar-refractivity contribution >= 4 is 22.1 Å². The van der Waals surface area contributed by atoms with E-state index in [4.69, 9.17) is 19.4 Å². The fourth-order valence-electron chi connectivity index (χ4n) is 8.20. The summed E-state index contributed by atoms with van der Waals surface area (Å²) in [6.07, 6.45) is 0. The van der Waals surface area contributed by atoms with Crippen LogP contribution in [0.15, 0.2) is 229 Å². The van der Waals surface area contributed by atoms with E-state index in [0.29, 0.717) is 11.4 Å². The van der Waals surface area contributed by atoms with Crippen LogP contribution in [0.25, 0.3) is 112 Å². The zero-order valence-electron chi connectivity index (χ0n) is 33.1. The molecular weight excluding hydrogens is 743 g/mol. The predicted octanol–water partition coefficient (Wildman–Crippen LogP) is 15.1. The van der Waals surface area contributed by atoms with Crippen LogP contribution in [0.3, 0.4) is 0 Å². The van der Waals surface area contributed by atoms with Crippen molar-refractivity contribution in [3.8, 4) is 89.7 Å². The normalized spacial score (nSPS) is 11.3. The predicted molar refractivity (Wildman–Crippen MR) is 251 cm³/mol. The summed E-state index contributed by atoms with van der Waals surface area (Å²) in [5.74, 6) is 0.657. The van der Waals surface area contributed by atoms with Crippen LogP contribution in [-0.4, -0.2) is 15.0 Å². The number of nitrogens with zero attached hydrogens (tertiary/aromatic N) is 3. The lowest BCUT2D eigenvalue weighted by Crippen LogP contribution is -1.94. The Morgan fingerprint density at radius 2 is 0.705 bits per heavy atom. The standard InChI is InChI=1S/C57H37N3O/c1-4-16-38(17-5-1)49-36-51(39-18-6-2-7-19-39)58-52(37-49)47-28-14-26-45(34-47)43-24-12-22-41(32-43)42-23-13-25-44(33-42)46-27-15-29-48(35-46)57-59-54(40-20-8-3-9-21-40)56-55(60-57)50-30-10-11-31-53(50)61-56/h1-37H. The fourth-order valence-corrected chi connectivity index (χ4v) is 8.20. The van der Waals surface area contributed by atoms with E-state index >= 15 is 0 Å². The Kier molecular flexibility index (Phi) is 9.14. The van der Waals surface area contributed by atoms with E-state index in [1.165, 1.54) is 0 Å². The van der Waals surface area contributed by atoms with Crippen LogP contribution in [0.1, 0.15) is 0 Å². The molecule has 0 saturated heterocycles. The van der Waals surface area contributed by atoms with Gasteiger partial charge in [0.25, 0.3) is 0 Å². The van der Waals surface area contributed by atoms with Crippen molar-refractivity contribution in [3.05, 3.63) is 224 Å². The maximum absolute atomic E-state index is 6.35. The summed E-state index contributed by atoms with van der Waals surface area (Å²) in [6, 6.07) is 78.3. The van der Waals surface area contributed by atoms with Crippen molar-refractivity contribution in [2.24, 2.45) is 0 Å². The number of benzene rings is 8. The van der Waals surface area contributed by atoms with Gasteiger partial charge in [0, 0.05) is 27.6 Å². The number of para-hydroxylation sites is 1. The van der Waals surface area contributed by atoms with Crippen molar-refractivity contribution < 1.29 is 4.42 Å². The Hall–Kier alpha value is -8.21. The molecule has 286 valence electrons. The first-order valence-corrected chi connectivity index (χ1v) is 20.5. The first kappa shape index (κ1) is 35.9. The summed E-state index contributed by atoms with van der Waals surface area (Å²) in [7, 11) is 0. The molecule has 4 nitrogen and oxygen atoms in total. The van der Waals surface area contributed by atoms with Gasteiger partial charge in [-0.1, -0.05) is 176 Å². The molecule has 0 fully saturated rings. The topological polar surface area (TPSA) is 51.8 Å². The molecule has 0 aliphatic carbocycles. The van der Waals surface area contributed by atoms with Crippen LogP contribution in [-0.2, 0) is 0 Å². The first-order valence-electron chi connectivity index (χ1n) is 20.5. The number of hydrogen-bond donors (Lipinski definition) is 0. The van der Waals surface area contributed by atoms with Gasteiger partial charge in [-0.3, -0.25) is 0 Å². The average Bonchev–Trinajstić information content (AvgIpc) is 3.73. The minimum Gasteiger partial charge on any atom is -0.452 e. The highest BCUT2D eigenvalue weighted by Gasteiger charge is 2.18.